The molecule has 1 aliphatic carbocycles. The van der Waals surface area contributed by atoms with Gasteiger partial charge in [0.15, 0.2) is 0 Å². The van der Waals surface area contributed by atoms with E-state index in [1.54, 1.807) is 23.7 Å². The summed E-state index contributed by atoms with van der Waals surface area (Å²) in [5, 5.41) is 4.65. The molecule has 0 bridgehead atoms. The zero-order valence-corrected chi connectivity index (χ0v) is 18.8. The Morgan fingerprint density at radius 2 is 2.10 bits per heavy atom. The monoisotopic (exact) mass is 433 g/mol. The molecule has 7 heteroatoms. The zero-order valence-electron chi connectivity index (χ0n) is 18.0. The minimum absolute atomic E-state index is 0.0764. The van der Waals surface area contributed by atoms with Crippen molar-refractivity contribution in [2.24, 2.45) is 0 Å². The molecule has 3 heterocycles. The molecule has 5 rings (SSSR count). The number of amides is 1. The van der Waals surface area contributed by atoms with Gasteiger partial charge >= 0.3 is 0 Å². The number of benzene rings is 1. The smallest absolute Gasteiger partial charge is 0.246 e. The van der Waals surface area contributed by atoms with Crippen LogP contribution in [-0.4, -0.2) is 52.9 Å². The van der Waals surface area contributed by atoms with E-state index in [2.05, 4.69) is 33.5 Å². The third kappa shape index (κ3) is 4.07. The lowest BCUT2D eigenvalue weighted by Gasteiger charge is -2.26. The van der Waals surface area contributed by atoms with Crippen molar-refractivity contribution in [2.45, 2.75) is 32.2 Å². The Labute approximate surface area is 186 Å². The first kappa shape index (κ1) is 20.2. The van der Waals surface area contributed by atoms with Crippen molar-refractivity contribution in [2.75, 3.05) is 32.5 Å². The summed E-state index contributed by atoms with van der Waals surface area (Å²) >= 11 is 1.68. The van der Waals surface area contributed by atoms with Crippen LogP contribution < -0.4 is 5.32 Å². The number of likely N-dealkylation sites (N-methyl/N-ethyl adjacent to an activating group) is 1. The fourth-order valence-corrected chi connectivity index (χ4v) is 5.67. The molecule has 1 amide bonds. The second-order valence-electron chi connectivity index (χ2n) is 8.54. The van der Waals surface area contributed by atoms with E-state index in [0.717, 1.165) is 47.7 Å². The van der Waals surface area contributed by atoms with Gasteiger partial charge < -0.3 is 15.1 Å². The minimum atomic E-state index is 0.0764. The molecule has 2 aromatic heterocycles. The minimum Gasteiger partial charge on any atom is -0.340 e. The quantitative estimate of drug-likeness (QED) is 0.618. The number of rotatable bonds is 5. The SMILES string of the molecule is CN(C)C/C=C/C(=O)N1CCc2c(sc3ncnc(Nc4ccc5c(c4)CCC5)c23)C1. The van der Waals surface area contributed by atoms with Gasteiger partial charge in [0.25, 0.3) is 0 Å². The number of nitrogens with zero attached hydrogens (tertiary/aromatic N) is 4. The predicted molar refractivity (Wildman–Crippen MR) is 126 cm³/mol. The van der Waals surface area contributed by atoms with Gasteiger partial charge in [0.2, 0.25) is 5.91 Å². The van der Waals surface area contributed by atoms with Gasteiger partial charge in [-0.15, -0.1) is 11.3 Å². The Balaban J connectivity index is 1.39. The van der Waals surface area contributed by atoms with E-state index in [1.807, 2.05) is 30.0 Å². The molecule has 0 fully saturated rings. The molecule has 0 spiro atoms. The molecule has 2 aliphatic rings. The van der Waals surface area contributed by atoms with Gasteiger partial charge in [-0.3, -0.25) is 4.79 Å². The number of carbonyl (C=O) groups is 1. The van der Waals surface area contributed by atoms with Crippen LogP contribution in [0.1, 0.15) is 28.0 Å². The van der Waals surface area contributed by atoms with Gasteiger partial charge in [-0.05, 0) is 68.6 Å². The Morgan fingerprint density at radius 1 is 1.23 bits per heavy atom. The maximum absolute atomic E-state index is 12.6. The molecule has 3 aromatic rings. The van der Waals surface area contributed by atoms with E-state index in [9.17, 15) is 4.79 Å². The maximum Gasteiger partial charge on any atom is 0.246 e. The van der Waals surface area contributed by atoms with Crippen LogP contribution in [0, 0.1) is 0 Å². The number of fused-ring (bicyclic) bond motifs is 4. The fraction of sp³-hybridized carbons (Fsp3) is 0.375. The number of hydrogen-bond acceptors (Lipinski definition) is 6. The molecule has 1 aliphatic heterocycles. The van der Waals surface area contributed by atoms with Crippen molar-refractivity contribution in [1.82, 2.24) is 19.8 Å². The third-order valence-electron chi connectivity index (χ3n) is 6.04. The van der Waals surface area contributed by atoms with Crippen molar-refractivity contribution in [3.05, 3.63) is 58.2 Å². The van der Waals surface area contributed by atoms with Crippen LogP contribution in [0.3, 0.4) is 0 Å². The second kappa shape index (κ2) is 8.40. The molecule has 0 saturated heterocycles. The molecular formula is C24H27N5OS. The van der Waals surface area contributed by atoms with E-state index in [-0.39, 0.29) is 5.91 Å². The number of nitrogens with one attached hydrogen (secondary N) is 1. The molecule has 0 saturated carbocycles. The maximum atomic E-state index is 12.6. The zero-order chi connectivity index (χ0) is 21.4. The summed E-state index contributed by atoms with van der Waals surface area (Å²) in [4.78, 5) is 27.9. The van der Waals surface area contributed by atoms with Crippen LogP contribution in [0.2, 0.25) is 0 Å². The van der Waals surface area contributed by atoms with Crippen LogP contribution in [0.25, 0.3) is 10.2 Å². The van der Waals surface area contributed by atoms with Crippen molar-refractivity contribution in [1.29, 1.82) is 0 Å². The second-order valence-corrected chi connectivity index (χ2v) is 9.63. The Bertz CT molecular complexity index is 1170. The first-order chi connectivity index (χ1) is 15.1. The van der Waals surface area contributed by atoms with Gasteiger partial charge in [0.05, 0.1) is 11.9 Å². The summed E-state index contributed by atoms with van der Waals surface area (Å²) < 4.78 is 0. The number of aryl methyl sites for hydroxylation is 2. The van der Waals surface area contributed by atoms with E-state index in [1.165, 1.54) is 34.4 Å². The number of carbonyl (C=O) groups excluding carboxylic acids is 1. The molecule has 31 heavy (non-hydrogen) atoms. The Morgan fingerprint density at radius 3 is 2.97 bits per heavy atom. The average molecular weight is 434 g/mol. The van der Waals surface area contributed by atoms with Crippen LogP contribution in [0.5, 0.6) is 0 Å². The predicted octanol–water partition coefficient (Wildman–Crippen LogP) is 3.93. The van der Waals surface area contributed by atoms with Crippen molar-refractivity contribution in [3.8, 4) is 0 Å². The lowest BCUT2D eigenvalue weighted by molar-refractivity contribution is -0.126. The molecular weight excluding hydrogens is 406 g/mol. The highest BCUT2D eigenvalue weighted by Gasteiger charge is 2.25. The van der Waals surface area contributed by atoms with Gasteiger partial charge in [-0.25, -0.2) is 9.97 Å². The first-order valence-electron chi connectivity index (χ1n) is 10.8. The van der Waals surface area contributed by atoms with Gasteiger partial charge in [-0.1, -0.05) is 12.1 Å². The van der Waals surface area contributed by atoms with E-state index >= 15 is 0 Å². The summed E-state index contributed by atoms with van der Waals surface area (Å²) in [6.45, 7) is 2.12. The van der Waals surface area contributed by atoms with Crippen molar-refractivity contribution >= 4 is 39.0 Å². The van der Waals surface area contributed by atoms with E-state index in [0.29, 0.717) is 6.54 Å². The molecule has 160 valence electrons. The lowest BCUT2D eigenvalue weighted by Crippen LogP contribution is -2.34. The van der Waals surface area contributed by atoms with Crippen LogP contribution in [0.15, 0.2) is 36.7 Å². The number of anilines is 2. The number of aromatic nitrogens is 2. The highest BCUT2D eigenvalue weighted by Crippen LogP contribution is 2.38. The molecule has 0 radical (unpaired) electrons. The first-order valence-corrected chi connectivity index (χ1v) is 11.6. The summed E-state index contributed by atoms with van der Waals surface area (Å²) in [5.41, 5.74) is 5.28. The standard InChI is InChI=1S/C24H27N5OS/c1-28(2)11-4-7-21(30)29-12-10-19-20(14-29)31-24-22(19)23(25-15-26-24)27-18-9-8-16-5-3-6-17(16)13-18/h4,7-9,13,15H,3,5-6,10-12,14H2,1-2H3,(H,25,26,27)/b7-4+. The lowest BCUT2D eigenvalue weighted by atomic mass is 10.0. The Hall–Kier alpha value is -2.77. The fourth-order valence-electron chi connectivity index (χ4n) is 4.47. The number of thiophene rings is 1. The molecule has 0 atom stereocenters. The largest absolute Gasteiger partial charge is 0.340 e. The van der Waals surface area contributed by atoms with E-state index in [4.69, 9.17) is 0 Å². The molecule has 6 nitrogen and oxygen atoms in total. The number of hydrogen-bond donors (Lipinski definition) is 1. The van der Waals surface area contributed by atoms with Crippen LogP contribution in [0.4, 0.5) is 11.5 Å². The van der Waals surface area contributed by atoms with Crippen molar-refractivity contribution < 1.29 is 4.79 Å². The summed E-state index contributed by atoms with van der Waals surface area (Å²) in [6, 6.07) is 6.65. The molecule has 1 N–H and O–H groups in total. The average Bonchev–Trinajstić information content (AvgIpc) is 3.37. The van der Waals surface area contributed by atoms with E-state index < -0.39 is 0 Å². The Kier molecular flexibility index (Phi) is 5.46. The summed E-state index contributed by atoms with van der Waals surface area (Å²) in [7, 11) is 3.99. The van der Waals surface area contributed by atoms with Gasteiger partial charge in [0, 0.05) is 29.7 Å². The van der Waals surface area contributed by atoms with Gasteiger partial charge in [-0.2, -0.15) is 0 Å². The topological polar surface area (TPSA) is 61.4 Å². The van der Waals surface area contributed by atoms with Crippen molar-refractivity contribution in [3.63, 3.8) is 0 Å². The van der Waals surface area contributed by atoms with Crippen LogP contribution >= 0.6 is 11.3 Å². The third-order valence-corrected chi connectivity index (χ3v) is 7.17. The normalized spacial score (nSPS) is 15.6. The summed E-state index contributed by atoms with van der Waals surface area (Å²) in [5.74, 6) is 0.943. The molecule has 0 unspecified atom stereocenters. The molecule has 1 aromatic carbocycles. The van der Waals surface area contributed by atoms with Gasteiger partial charge in [0.1, 0.15) is 17.0 Å². The van der Waals surface area contributed by atoms with Crippen LogP contribution in [-0.2, 0) is 30.6 Å². The highest BCUT2D eigenvalue weighted by atomic mass is 32.1. The summed E-state index contributed by atoms with van der Waals surface area (Å²) in [6.07, 6.45) is 9.66. The highest BCUT2D eigenvalue weighted by molar-refractivity contribution is 7.19.